The van der Waals surface area contributed by atoms with E-state index in [1.165, 1.54) is 0 Å². The van der Waals surface area contributed by atoms with Gasteiger partial charge in [-0.1, -0.05) is 6.92 Å². The maximum Gasteiger partial charge on any atom is 0.494 e. The minimum absolute atomic E-state index is 0.0980. The van der Waals surface area contributed by atoms with E-state index in [0.29, 0.717) is 0 Å². The molecule has 0 amide bonds. The third-order valence-corrected chi connectivity index (χ3v) is 3.97. The zero-order valence-corrected chi connectivity index (χ0v) is 9.51. The number of carbonyl (C=O) groups is 1. The summed E-state index contributed by atoms with van der Waals surface area (Å²) in [7, 11) is -1.78. The summed E-state index contributed by atoms with van der Waals surface area (Å²) >= 11 is 0. The first-order valence-electron chi connectivity index (χ1n) is 4.27. The summed E-state index contributed by atoms with van der Waals surface area (Å²) in [6.45, 7) is 9.63. The van der Waals surface area contributed by atoms with Crippen LogP contribution < -0.4 is 0 Å². The molecule has 0 rings (SSSR count). The van der Waals surface area contributed by atoms with Gasteiger partial charge in [0.05, 0.1) is 6.10 Å². The molecule has 0 aliphatic carbocycles. The summed E-state index contributed by atoms with van der Waals surface area (Å²) in [6, 6.07) is 0.917. The number of rotatable bonds is 3. The molecule has 0 aromatic rings. The molecule has 0 heterocycles. The highest BCUT2D eigenvalue weighted by molar-refractivity contribution is 6.72. The Hall–Kier alpha value is -0.513. The average Bonchev–Trinajstić information content (AvgIpc) is 1.84. The zero-order valence-electron chi connectivity index (χ0n) is 8.51. The molecule has 0 aromatic carbocycles. The van der Waals surface area contributed by atoms with Crippen molar-refractivity contribution < 1.29 is 14.0 Å². The highest BCUT2D eigenvalue weighted by atomic mass is 28.4. The van der Waals surface area contributed by atoms with Crippen LogP contribution in [0.4, 0.5) is 4.79 Å². The first-order chi connectivity index (χ1) is 5.37. The van der Waals surface area contributed by atoms with E-state index in [2.05, 4.69) is 0 Å². The highest BCUT2D eigenvalue weighted by Crippen LogP contribution is 2.11. The van der Waals surface area contributed by atoms with Gasteiger partial charge in [0.2, 0.25) is 0 Å². The topological polar surface area (TPSA) is 35.5 Å². The smallest absolute Gasteiger partial charge is 0.489 e. The predicted octanol–water partition coefficient (Wildman–Crippen LogP) is 2.77. The minimum atomic E-state index is -1.78. The Bertz CT molecular complexity index is 154. The van der Waals surface area contributed by atoms with E-state index >= 15 is 0 Å². The van der Waals surface area contributed by atoms with Crippen molar-refractivity contribution >= 4 is 14.5 Å². The van der Waals surface area contributed by atoms with Gasteiger partial charge in [-0.25, -0.2) is 4.79 Å². The molecule has 0 spiro atoms. The summed E-state index contributed by atoms with van der Waals surface area (Å²) in [6.07, 6.45) is -0.623. The molecule has 0 aliphatic rings. The first kappa shape index (κ1) is 11.5. The van der Waals surface area contributed by atoms with E-state index in [4.69, 9.17) is 9.16 Å². The lowest BCUT2D eigenvalue weighted by molar-refractivity contribution is 0.0706. The normalized spacial score (nSPS) is 11.5. The van der Waals surface area contributed by atoms with Crippen LogP contribution in [-0.4, -0.2) is 20.6 Å². The van der Waals surface area contributed by atoms with Gasteiger partial charge in [0.25, 0.3) is 8.32 Å². The Kier molecular flexibility index (Phi) is 4.30. The van der Waals surface area contributed by atoms with Gasteiger partial charge >= 0.3 is 6.16 Å². The molecule has 0 fully saturated rings. The first-order valence-corrected chi connectivity index (χ1v) is 7.38. The Morgan fingerprint density at radius 2 is 1.92 bits per heavy atom. The number of ether oxygens (including phenoxy) is 1. The molecule has 4 heteroatoms. The Morgan fingerprint density at radius 3 is 2.25 bits per heavy atom. The van der Waals surface area contributed by atoms with Crippen molar-refractivity contribution in [2.24, 2.45) is 0 Å². The largest absolute Gasteiger partial charge is 0.494 e. The lowest BCUT2D eigenvalue weighted by Crippen LogP contribution is -2.33. The summed E-state index contributed by atoms with van der Waals surface area (Å²) < 4.78 is 10.0. The van der Waals surface area contributed by atoms with Crippen molar-refractivity contribution in [3.63, 3.8) is 0 Å². The van der Waals surface area contributed by atoms with Crippen LogP contribution in [0, 0.1) is 0 Å². The van der Waals surface area contributed by atoms with E-state index in [1.807, 2.05) is 33.9 Å². The fraction of sp³-hybridized carbons (Fsp3) is 0.875. The third kappa shape index (κ3) is 5.18. The van der Waals surface area contributed by atoms with Crippen LogP contribution in [0.2, 0.25) is 19.1 Å². The third-order valence-electron chi connectivity index (χ3n) is 1.54. The van der Waals surface area contributed by atoms with E-state index in [-0.39, 0.29) is 6.10 Å². The number of hydrogen-bond donors (Lipinski definition) is 0. The number of hydrogen-bond acceptors (Lipinski definition) is 3. The molecule has 3 nitrogen and oxygen atoms in total. The van der Waals surface area contributed by atoms with Gasteiger partial charge in [-0.3, -0.25) is 0 Å². The van der Waals surface area contributed by atoms with Crippen molar-refractivity contribution in [3.05, 3.63) is 0 Å². The molecule has 0 aliphatic heterocycles. The second-order valence-electron chi connectivity index (χ2n) is 3.63. The molecule has 0 saturated heterocycles. The van der Waals surface area contributed by atoms with Crippen LogP contribution >= 0.6 is 0 Å². The number of carbonyl (C=O) groups excluding carboxylic acids is 1. The molecular weight excluding hydrogens is 172 g/mol. The van der Waals surface area contributed by atoms with Gasteiger partial charge in [0.1, 0.15) is 0 Å². The van der Waals surface area contributed by atoms with Crippen LogP contribution in [0.15, 0.2) is 0 Å². The fourth-order valence-electron chi connectivity index (χ4n) is 0.514. The van der Waals surface area contributed by atoms with Crippen molar-refractivity contribution in [1.82, 2.24) is 0 Å². The monoisotopic (exact) mass is 190 g/mol. The standard InChI is InChI=1S/C8H18O3Si/c1-6-12(4,5)11-8(9)10-7(2)3/h7H,6H2,1-5H3. The highest BCUT2D eigenvalue weighted by Gasteiger charge is 2.25. The minimum Gasteiger partial charge on any atom is -0.489 e. The quantitative estimate of drug-likeness (QED) is 0.507. The maximum absolute atomic E-state index is 11.0. The van der Waals surface area contributed by atoms with Gasteiger partial charge in [-0.2, -0.15) is 0 Å². The molecule has 0 saturated carbocycles. The Labute approximate surface area is 75.2 Å². The van der Waals surface area contributed by atoms with Crippen molar-refractivity contribution in [3.8, 4) is 0 Å². The van der Waals surface area contributed by atoms with Crippen molar-refractivity contribution in [2.75, 3.05) is 0 Å². The molecule has 0 bridgehead atoms. The molecule has 0 N–H and O–H groups in total. The Morgan fingerprint density at radius 1 is 1.42 bits per heavy atom. The van der Waals surface area contributed by atoms with Crippen LogP contribution in [-0.2, 0) is 9.16 Å². The molecule has 0 aromatic heterocycles. The van der Waals surface area contributed by atoms with Gasteiger partial charge in [0.15, 0.2) is 0 Å². The second-order valence-corrected chi connectivity index (χ2v) is 8.06. The average molecular weight is 190 g/mol. The van der Waals surface area contributed by atoms with E-state index in [9.17, 15) is 4.79 Å². The fourth-order valence-corrected chi connectivity index (χ4v) is 1.16. The maximum atomic E-state index is 11.0. The molecule has 0 unspecified atom stereocenters. The van der Waals surface area contributed by atoms with Crippen LogP contribution in [0.1, 0.15) is 20.8 Å². The van der Waals surface area contributed by atoms with Crippen molar-refractivity contribution in [2.45, 2.75) is 46.0 Å². The lowest BCUT2D eigenvalue weighted by Gasteiger charge is -2.20. The van der Waals surface area contributed by atoms with E-state index in [0.717, 1.165) is 6.04 Å². The predicted molar refractivity (Wildman–Crippen MR) is 50.7 cm³/mol. The van der Waals surface area contributed by atoms with Crippen LogP contribution in [0.5, 0.6) is 0 Å². The molecule has 72 valence electrons. The molecule has 0 radical (unpaired) electrons. The Balaban J connectivity index is 3.84. The molecular formula is C8H18O3Si. The van der Waals surface area contributed by atoms with Gasteiger partial charge in [0, 0.05) is 0 Å². The summed E-state index contributed by atoms with van der Waals surface area (Å²) in [5, 5.41) is 0. The van der Waals surface area contributed by atoms with E-state index < -0.39 is 14.5 Å². The lowest BCUT2D eigenvalue weighted by atomic mass is 10.5. The van der Waals surface area contributed by atoms with Gasteiger partial charge in [-0.05, 0) is 33.0 Å². The zero-order chi connectivity index (χ0) is 9.78. The second kappa shape index (κ2) is 4.50. The van der Waals surface area contributed by atoms with E-state index in [1.54, 1.807) is 0 Å². The van der Waals surface area contributed by atoms with Gasteiger partial charge in [-0.15, -0.1) is 0 Å². The summed E-state index contributed by atoms with van der Waals surface area (Å²) in [5.74, 6) is 0. The van der Waals surface area contributed by atoms with Crippen LogP contribution in [0.3, 0.4) is 0 Å². The van der Waals surface area contributed by atoms with Crippen LogP contribution in [0.25, 0.3) is 0 Å². The van der Waals surface area contributed by atoms with Gasteiger partial charge < -0.3 is 9.16 Å². The molecule has 12 heavy (non-hydrogen) atoms. The summed E-state index contributed by atoms with van der Waals surface area (Å²) in [5.41, 5.74) is 0. The summed E-state index contributed by atoms with van der Waals surface area (Å²) in [4.78, 5) is 11.0. The van der Waals surface area contributed by atoms with Crippen molar-refractivity contribution in [1.29, 1.82) is 0 Å². The SMILES string of the molecule is CC[Si](C)(C)OC(=O)OC(C)C. The molecule has 0 atom stereocenters.